The van der Waals surface area contributed by atoms with E-state index in [1.165, 1.54) is 7.11 Å². The van der Waals surface area contributed by atoms with Crippen molar-refractivity contribution >= 4 is 39.7 Å². The van der Waals surface area contributed by atoms with Crippen LogP contribution in [0.2, 0.25) is 0 Å². The summed E-state index contributed by atoms with van der Waals surface area (Å²) in [4.78, 5) is 59.2. The van der Waals surface area contributed by atoms with Crippen molar-refractivity contribution in [3.8, 4) is 22.5 Å². The van der Waals surface area contributed by atoms with Crippen LogP contribution in [0.25, 0.3) is 44.3 Å². The van der Waals surface area contributed by atoms with Crippen molar-refractivity contribution in [3.63, 3.8) is 0 Å². The monoisotopic (exact) mass is 751 g/mol. The number of amides is 3. The molecule has 3 amide bonds. The van der Waals surface area contributed by atoms with Gasteiger partial charge in [0.1, 0.15) is 17.7 Å². The lowest BCUT2D eigenvalue weighted by molar-refractivity contribution is -0.136. The molecule has 2 aliphatic heterocycles. The summed E-state index contributed by atoms with van der Waals surface area (Å²) < 4.78 is 12.6. The summed E-state index contributed by atoms with van der Waals surface area (Å²) in [5.41, 5.74) is 12.1. The smallest absolute Gasteiger partial charge is 0.407 e. The molecule has 5 heterocycles. The van der Waals surface area contributed by atoms with Gasteiger partial charge in [0.05, 0.1) is 55.6 Å². The number of benzene rings is 2. The summed E-state index contributed by atoms with van der Waals surface area (Å²) in [7, 11) is 3.00. The first kappa shape index (κ1) is 38.1. The number of nitrogens with two attached hydrogens (primary N) is 1. The topological polar surface area (TPSA) is 176 Å². The Hall–Kier alpha value is -5.21. The van der Waals surface area contributed by atoms with Crippen molar-refractivity contribution < 1.29 is 23.9 Å². The van der Waals surface area contributed by atoms with Gasteiger partial charge >= 0.3 is 6.09 Å². The zero-order valence-corrected chi connectivity index (χ0v) is 32.6. The van der Waals surface area contributed by atoms with Crippen LogP contribution < -0.4 is 11.1 Å². The van der Waals surface area contributed by atoms with E-state index in [1.807, 2.05) is 49.9 Å². The number of hydrogen-bond acceptors (Lipinski definition) is 8. The fourth-order valence-electron chi connectivity index (χ4n) is 8.14. The number of H-pyrrole nitrogens is 2. The number of hydrogen-bond donors (Lipinski definition) is 4. The maximum absolute atomic E-state index is 13.7. The fourth-order valence-corrected chi connectivity index (χ4v) is 8.14. The minimum Gasteiger partial charge on any atom is -0.453 e. The molecule has 0 saturated carbocycles. The van der Waals surface area contributed by atoms with Crippen molar-refractivity contribution in [1.29, 1.82) is 0 Å². The molecule has 0 bridgehead atoms. The molecule has 14 heteroatoms. The molecule has 0 radical (unpaired) electrons. The van der Waals surface area contributed by atoms with Gasteiger partial charge in [0.2, 0.25) is 11.8 Å². The summed E-state index contributed by atoms with van der Waals surface area (Å²) in [6, 6.07) is 11.3. The lowest BCUT2D eigenvalue weighted by atomic mass is 10.0. The van der Waals surface area contributed by atoms with Gasteiger partial charge in [-0.15, -0.1) is 0 Å². The highest BCUT2D eigenvalue weighted by molar-refractivity contribution is 6.10. The van der Waals surface area contributed by atoms with Crippen LogP contribution in [0.4, 0.5) is 4.79 Å². The number of likely N-dealkylation sites (tertiary alicyclic amines) is 2. The summed E-state index contributed by atoms with van der Waals surface area (Å²) in [6.45, 7) is 10.2. The summed E-state index contributed by atoms with van der Waals surface area (Å²) in [5, 5.41) is 4.96. The van der Waals surface area contributed by atoms with Crippen LogP contribution in [0, 0.1) is 11.8 Å². The predicted octanol–water partition coefficient (Wildman–Crippen LogP) is 5.91. The molecule has 292 valence electrons. The van der Waals surface area contributed by atoms with Crippen molar-refractivity contribution in [3.05, 3.63) is 60.4 Å². The van der Waals surface area contributed by atoms with E-state index in [2.05, 4.69) is 56.3 Å². The van der Waals surface area contributed by atoms with Crippen molar-refractivity contribution in [2.24, 2.45) is 17.6 Å². The van der Waals surface area contributed by atoms with E-state index >= 15 is 0 Å². The number of fused-ring (bicyclic) bond motifs is 3. The number of carbonyl (C=O) groups excluding carboxylic acids is 3. The average molecular weight is 752 g/mol. The van der Waals surface area contributed by atoms with Gasteiger partial charge in [-0.3, -0.25) is 9.59 Å². The minimum absolute atomic E-state index is 0.0225. The number of imidazole rings is 2. The Morgan fingerprint density at radius 2 is 1.35 bits per heavy atom. The Morgan fingerprint density at radius 1 is 0.818 bits per heavy atom. The predicted molar refractivity (Wildman–Crippen MR) is 211 cm³/mol. The van der Waals surface area contributed by atoms with Gasteiger partial charge in [0.25, 0.3) is 0 Å². The van der Waals surface area contributed by atoms with Gasteiger partial charge in [-0.25, -0.2) is 14.8 Å². The number of ether oxygens (including phenoxy) is 2. The van der Waals surface area contributed by atoms with E-state index in [1.54, 1.807) is 7.11 Å². The Labute approximate surface area is 321 Å². The molecule has 0 spiro atoms. The molecule has 2 fully saturated rings. The lowest BCUT2D eigenvalue weighted by Gasteiger charge is -2.30. The van der Waals surface area contributed by atoms with Crippen LogP contribution >= 0.6 is 0 Å². The van der Waals surface area contributed by atoms with E-state index < -0.39 is 18.2 Å². The number of rotatable bonds is 12. The van der Waals surface area contributed by atoms with Crippen molar-refractivity contribution in [2.75, 3.05) is 33.9 Å². The van der Waals surface area contributed by atoms with E-state index in [0.29, 0.717) is 26.2 Å². The van der Waals surface area contributed by atoms with E-state index in [-0.39, 0.29) is 35.7 Å². The highest BCUT2D eigenvalue weighted by atomic mass is 16.5. The molecule has 5 aromatic rings. The summed E-state index contributed by atoms with van der Waals surface area (Å²) >= 11 is 0. The first-order chi connectivity index (χ1) is 26.5. The first-order valence-corrected chi connectivity index (χ1v) is 19.4. The molecular formula is C41H53N9O5. The molecule has 55 heavy (non-hydrogen) atoms. The van der Waals surface area contributed by atoms with Gasteiger partial charge in [-0.2, -0.15) is 0 Å². The lowest BCUT2D eigenvalue weighted by Crippen LogP contribution is -2.51. The van der Waals surface area contributed by atoms with Gasteiger partial charge in [-0.05, 0) is 49.7 Å². The molecule has 3 aromatic heterocycles. The van der Waals surface area contributed by atoms with E-state index in [9.17, 15) is 14.4 Å². The Morgan fingerprint density at radius 3 is 1.82 bits per heavy atom. The maximum atomic E-state index is 13.7. The molecule has 5 N–H and O–H groups in total. The third-order valence-corrected chi connectivity index (χ3v) is 11.3. The number of nitrogens with zero attached hydrogens (tertiary/aromatic N) is 5. The zero-order valence-electron chi connectivity index (χ0n) is 32.6. The second-order valence-corrected chi connectivity index (χ2v) is 15.5. The number of aromatic amines is 2. The molecule has 4 atom stereocenters. The van der Waals surface area contributed by atoms with Gasteiger partial charge in [-0.1, -0.05) is 52.0 Å². The highest BCUT2D eigenvalue weighted by Crippen LogP contribution is 2.37. The molecular weight excluding hydrogens is 699 g/mol. The number of methoxy groups -OCH3 is 2. The van der Waals surface area contributed by atoms with Crippen LogP contribution in [0.1, 0.15) is 77.1 Å². The number of alkyl carbamates (subject to hydrolysis) is 1. The Balaban J connectivity index is 1.17. The van der Waals surface area contributed by atoms with Crippen LogP contribution in [0.15, 0.2) is 48.8 Å². The Kier molecular flexibility index (Phi) is 11.0. The minimum atomic E-state index is -0.697. The molecule has 0 unspecified atom stereocenters. The molecule has 7 rings (SSSR count). The zero-order chi connectivity index (χ0) is 39.0. The largest absolute Gasteiger partial charge is 0.453 e. The fraction of sp³-hybridized carbons (Fsp3) is 0.488. The standard InChI is InChI=1S/C41H53N9O5/c1-23(2)35(42)39(51)49-15-7-9-31(49)37-43-21-29(45-37)25-11-13-27-28-14-12-26(20-34(28)48(17-18-54-5)33(27)19-25)30-22-44-38(46-30)32-10-8-16-50(32)40(52)36(24(3)4)47-41(53)55-6/h11-14,19-24,31-32,35-36H,7-10,15-18,42H2,1-6H3,(H,43,45)(H,44,46)(H,47,53)/t31-,32-,35-,36-/m0/s1. The number of carbonyl (C=O) groups is 3. The van der Waals surface area contributed by atoms with E-state index in [4.69, 9.17) is 25.2 Å². The number of aromatic nitrogens is 5. The Bertz CT molecular complexity index is 2180. The molecule has 14 nitrogen and oxygen atoms in total. The van der Waals surface area contributed by atoms with Gasteiger partial charge in [0.15, 0.2) is 0 Å². The molecule has 0 aliphatic carbocycles. The quantitative estimate of drug-likeness (QED) is 0.122. The molecule has 2 aromatic carbocycles. The first-order valence-electron chi connectivity index (χ1n) is 19.4. The highest BCUT2D eigenvalue weighted by Gasteiger charge is 2.38. The average Bonchev–Trinajstić information content (AvgIpc) is 4.03. The number of nitrogens with one attached hydrogen (secondary N) is 3. The van der Waals surface area contributed by atoms with Gasteiger partial charge < -0.3 is 44.9 Å². The summed E-state index contributed by atoms with van der Waals surface area (Å²) in [5.74, 6) is 1.29. The molecule has 2 aliphatic rings. The second kappa shape index (κ2) is 15.9. The van der Waals surface area contributed by atoms with E-state index in [0.717, 1.165) is 81.7 Å². The van der Waals surface area contributed by atoms with Crippen LogP contribution in [0.5, 0.6) is 0 Å². The van der Waals surface area contributed by atoms with Crippen LogP contribution in [-0.2, 0) is 25.6 Å². The SMILES string of the molecule is COCCn1c2cc(-c3cnc([C@@H]4CCCN4C(=O)[C@@H](N)C(C)C)[nH]3)ccc2c2ccc(-c3cnc([C@@H]4CCCN4C(=O)[C@@H](NC(=O)OC)C(C)C)[nH]3)cc21. The van der Waals surface area contributed by atoms with Crippen LogP contribution in [0.3, 0.4) is 0 Å². The second-order valence-electron chi connectivity index (χ2n) is 15.5. The normalized spacial score (nSPS) is 18.6. The third kappa shape index (κ3) is 7.32. The van der Waals surface area contributed by atoms with Crippen molar-refractivity contribution in [1.82, 2.24) is 39.6 Å². The van der Waals surface area contributed by atoms with Crippen LogP contribution in [-0.4, -0.2) is 98.2 Å². The maximum Gasteiger partial charge on any atom is 0.407 e. The molecule has 2 saturated heterocycles. The van der Waals surface area contributed by atoms with Gasteiger partial charge in [0, 0.05) is 59.7 Å². The van der Waals surface area contributed by atoms with Crippen molar-refractivity contribution in [2.45, 2.75) is 84.1 Å². The summed E-state index contributed by atoms with van der Waals surface area (Å²) in [6.07, 6.45) is 6.44. The third-order valence-electron chi connectivity index (χ3n) is 11.3.